The first-order chi connectivity index (χ1) is 15.1. The van der Waals surface area contributed by atoms with E-state index in [1.54, 1.807) is 10.8 Å². The Kier molecular flexibility index (Phi) is 6.30. The molecule has 3 aromatic rings. The number of nitrogens with zero attached hydrogens (tertiary/aromatic N) is 4. The topological polar surface area (TPSA) is 80.1 Å². The van der Waals surface area contributed by atoms with Crippen molar-refractivity contribution in [3.8, 4) is 0 Å². The number of carbonyl (C=O) groups is 1. The number of piperidine rings is 1. The van der Waals surface area contributed by atoms with Crippen molar-refractivity contribution in [2.45, 2.75) is 39.7 Å². The fourth-order valence-corrected chi connectivity index (χ4v) is 4.07. The number of pyridine rings is 1. The Bertz CT molecular complexity index is 1120. The molecule has 1 aliphatic rings. The maximum absolute atomic E-state index is 13.5. The number of carbonyl (C=O) groups excluding carboxylic acids is 1. The number of hydrogen-bond donors (Lipinski definition) is 1. The van der Waals surface area contributed by atoms with Gasteiger partial charge in [0.15, 0.2) is 11.5 Å². The molecule has 7 nitrogen and oxygen atoms in total. The van der Waals surface area contributed by atoms with Crippen LogP contribution in [0.1, 0.15) is 37.3 Å². The zero-order chi connectivity index (χ0) is 21.8. The van der Waals surface area contributed by atoms with Crippen LogP contribution in [-0.4, -0.2) is 40.1 Å². The van der Waals surface area contributed by atoms with Gasteiger partial charge in [0.25, 0.3) is 5.56 Å². The van der Waals surface area contributed by atoms with Crippen LogP contribution in [0.25, 0.3) is 11.2 Å². The molecule has 1 aromatic carbocycles. The lowest BCUT2D eigenvalue weighted by molar-refractivity contribution is -0.125. The number of aryl methyl sites for hydroxylation is 1. The molecule has 1 N–H and O–H groups in total. The van der Waals surface area contributed by atoms with Crippen LogP contribution in [0.3, 0.4) is 0 Å². The van der Waals surface area contributed by atoms with Gasteiger partial charge in [0.2, 0.25) is 5.91 Å². The van der Waals surface area contributed by atoms with E-state index >= 15 is 0 Å². The normalized spacial score (nSPS) is 16.5. The summed E-state index contributed by atoms with van der Waals surface area (Å²) >= 11 is 0. The zero-order valence-electron chi connectivity index (χ0n) is 18.2. The Balaban J connectivity index is 1.69. The molecule has 1 fully saturated rings. The molecule has 0 radical (unpaired) electrons. The lowest BCUT2D eigenvalue weighted by Crippen LogP contribution is -2.45. The highest BCUT2D eigenvalue weighted by atomic mass is 16.2. The SMILES string of the molecule is CCCNC(=O)C1CCCN(c2nc3cccnc3n(Cc3ccc(C)cc3)c2=O)C1. The van der Waals surface area contributed by atoms with Gasteiger partial charge < -0.3 is 10.2 Å². The molecule has 0 saturated carbocycles. The van der Waals surface area contributed by atoms with E-state index in [1.807, 2.05) is 55.1 Å². The van der Waals surface area contributed by atoms with Gasteiger partial charge in [-0.2, -0.15) is 0 Å². The van der Waals surface area contributed by atoms with E-state index in [2.05, 4.69) is 15.3 Å². The molecule has 4 rings (SSSR count). The Hall–Kier alpha value is -3.22. The minimum Gasteiger partial charge on any atom is -0.356 e. The van der Waals surface area contributed by atoms with E-state index in [-0.39, 0.29) is 17.4 Å². The molecule has 1 atom stereocenters. The van der Waals surface area contributed by atoms with E-state index in [9.17, 15) is 9.59 Å². The third kappa shape index (κ3) is 4.60. The number of aromatic nitrogens is 3. The summed E-state index contributed by atoms with van der Waals surface area (Å²) in [7, 11) is 0. The first-order valence-electron chi connectivity index (χ1n) is 11.0. The number of benzene rings is 1. The molecule has 1 amide bonds. The Morgan fingerprint density at radius 3 is 2.81 bits per heavy atom. The predicted molar refractivity (Wildman–Crippen MR) is 122 cm³/mol. The number of nitrogens with one attached hydrogen (secondary N) is 1. The minimum absolute atomic E-state index is 0.0639. The molecule has 1 saturated heterocycles. The summed E-state index contributed by atoms with van der Waals surface area (Å²) < 4.78 is 1.70. The van der Waals surface area contributed by atoms with Crippen LogP contribution in [0.15, 0.2) is 47.4 Å². The average molecular weight is 420 g/mol. The van der Waals surface area contributed by atoms with Crippen molar-refractivity contribution < 1.29 is 4.79 Å². The number of amides is 1. The van der Waals surface area contributed by atoms with E-state index in [0.29, 0.717) is 36.6 Å². The summed E-state index contributed by atoms with van der Waals surface area (Å²) in [6.07, 6.45) is 4.28. The zero-order valence-corrected chi connectivity index (χ0v) is 18.2. The fourth-order valence-electron chi connectivity index (χ4n) is 4.07. The maximum atomic E-state index is 13.5. The van der Waals surface area contributed by atoms with Crippen LogP contribution in [0.5, 0.6) is 0 Å². The lowest BCUT2D eigenvalue weighted by Gasteiger charge is -2.32. The Morgan fingerprint density at radius 2 is 2.03 bits per heavy atom. The molecule has 1 aliphatic heterocycles. The number of rotatable bonds is 6. The largest absolute Gasteiger partial charge is 0.356 e. The molecule has 162 valence electrons. The van der Waals surface area contributed by atoms with Crippen molar-refractivity contribution in [3.63, 3.8) is 0 Å². The summed E-state index contributed by atoms with van der Waals surface area (Å²) in [4.78, 5) is 37.1. The smallest absolute Gasteiger partial charge is 0.295 e. The van der Waals surface area contributed by atoms with Gasteiger partial charge in [-0.3, -0.25) is 14.2 Å². The highest BCUT2D eigenvalue weighted by Gasteiger charge is 2.28. The molecule has 3 heterocycles. The summed E-state index contributed by atoms with van der Waals surface area (Å²) in [5, 5.41) is 2.99. The lowest BCUT2D eigenvalue weighted by atomic mass is 9.97. The van der Waals surface area contributed by atoms with Gasteiger partial charge in [-0.05, 0) is 43.9 Å². The second-order valence-corrected chi connectivity index (χ2v) is 8.23. The third-order valence-corrected chi connectivity index (χ3v) is 5.79. The van der Waals surface area contributed by atoms with Crippen molar-refractivity contribution in [1.82, 2.24) is 19.9 Å². The van der Waals surface area contributed by atoms with Crippen LogP contribution < -0.4 is 15.8 Å². The Morgan fingerprint density at radius 1 is 1.23 bits per heavy atom. The van der Waals surface area contributed by atoms with Gasteiger partial charge in [-0.25, -0.2) is 9.97 Å². The molecule has 7 heteroatoms. The van der Waals surface area contributed by atoms with Crippen LogP contribution >= 0.6 is 0 Å². The number of fused-ring (bicyclic) bond motifs is 1. The maximum Gasteiger partial charge on any atom is 0.295 e. The van der Waals surface area contributed by atoms with E-state index in [1.165, 1.54) is 5.56 Å². The van der Waals surface area contributed by atoms with E-state index < -0.39 is 0 Å². The van der Waals surface area contributed by atoms with Crippen molar-refractivity contribution >= 4 is 22.9 Å². The first kappa shape index (κ1) is 21.0. The molecule has 0 bridgehead atoms. The second kappa shape index (κ2) is 9.29. The van der Waals surface area contributed by atoms with Crippen LogP contribution in [0.2, 0.25) is 0 Å². The molecule has 0 aliphatic carbocycles. The summed E-state index contributed by atoms with van der Waals surface area (Å²) in [5.41, 5.74) is 3.30. The number of hydrogen-bond acceptors (Lipinski definition) is 5. The van der Waals surface area contributed by atoms with Crippen molar-refractivity contribution in [1.29, 1.82) is 0 Å². The monoisotopic (exact) mass is 419 g/mol. The summed E-state index contributed by atoms with van der Waals surface area (Å²) in [6, 6.07) is 11.9. The van der Waals surface area contributed by atoms with Gasteiger partial charge in [0, 0.05) is 25.8 Å². The van der Waals surface area contributed by atoms with Crippen LogP contribution in [0, 0.1) is 12.8 Å². The standard InChI is InChI=1S/C24H29N5O2/c1-3-12-26-23(30)19-6-5-14-28(16-19)22-24(31)29(15-18-10-8-17(2)9-11-18)21-20(27-22)7-4-13-25-21/h4,7-11,13,19H,3,5-6,12,14-16H2,1-2H3,(H,26,30). The molecule has 2 aromatic heterocycles. The quantitative estimate of drug-likeness (QED) is 0.665. The summed E-state index contributed by atoms with van der Waals surface area (Å²) in [6.45, 7) is 6.41. The van der Waals surface area contributed by atoms with Crippen LogP contribution in [0.4, 0.5) is 5.82 Å². The van der Waals surface area contributed by atoms with Gasteiger partial charge in [0.05, 0.1) is 12.5 Å². The molecular formula is C24H29N5O2. The highest BCUT2D eigenvalue weighted by molar-refractivity contribution is 5.79. The van der Waals surface area contributed by atoms with E-state index in [0.717, 1.165) is 31.4 Å². The van der Waals surface area contributed by atoms with E-state index in [4.69, 9.17) is 0 Å². The van der Waals surface area contributed by atoms with Gasteiger partial charge in [-0.15, -0.1) is 0 Å². The third-order valence-electron chi connectivity index (χ3n) is 5.79. The van der Waals surface area contributed by atoms with Crippen molar-refractivity contribution in [3.05, 3.63) is 64.1 Å². The first-order valence-corrected chi connectivity index (χ1v) is 11.0. The van der Waals surface area contributed by atoms with Crippen molar-refractivity contribution in [2.75, 3.05) is 24.5 Å². The predicted octanol–water partition coefficient (Wildman–Crippen LogP) is 2.89. The molecular weight excluding hydrogens is 390 g/mol. The Labute approximate surface area is 182 Å². The molecule has 0 spiro atoms. The van der Waals surface area contributed by atoms with Gasteiger partial charge >= 0.3 is 0 Å². The summed E-state index contributed by atoms with van der Waals surface area (Å²) in [5.74, 6) is 0.339. The fraction of sp³-hybridized carbons (Fsp3) is 0.417. The van der Waals surface area contributed by atoms with Gasteiger partial charge in [-0.1, -0.05) is 36.8 Å². The number of anilines is 1. The highest BCUT2D eigenvalue weighted by Crippen LogP contribution is 2.22. The average Bonchev–Trinajstić information content (AvgIpc) is 2.80. The second-order valence-electron chi connectivity index (χ2n) is 8.23. The molecule has 1 unspecified atom stereocenters. The van der Waals surface area contributed by atoms with Gasteiger partial charge in [0.1, 0.15) is 5.52 Å². The van der Waals surface area contributed by atoms with Crippen LogP contribution in [-0.2, 0) is 11.3 Å². The van der Waals surface area contributed by atoms with Crippen molar-refractivity contribution in [2.24, 2.45) is 5.92 Å². The minimum atomic E-state index is -0.165. The molecule has 31 heavy (non-hydrogen) atoms.